The van der Waals surface area contributed by atoms with Crippen molar-refractivity contribution in [1.82, 2.24) is 24.1 Å². The van der Waals surface area contributed by atoms with Gasteiger partial charge < -0.3 is 9.13 Å². The number of para-hydroxylation sites is 1. The van der Waals surface area contributed by atoms with Crippen LogP contribution in [0.15, 0.2) is 165 Å². The summed E-state index contributed by atoms with van der Waals surface area (Å²) in [5.74, 6) is 0. The van der Waals surface area contributed by atoms with Gasteiger partial charge in [0.25, 0.3) is 0 Å². The quantitative estimate of drug-likeness (QED) is 0.180. The summed E-state index contributed by atoms with van der Waals surface area (Å²) in [5.41, 5.74) is 13.0. The maximum absolute atomic E-state index is 4.90. The SMILES string of the molecule is CC(C)(C)c1cc2cc3c1cc(-c1cccnc1)cc3n(-c1ccccc1)c1cc(C(C)(C)C)c3cc(-c4cccnc4)cc(c3c1)n2-c1cncc2ccccc12. The molecule has 0 aliphatic carbocycles. The Morgan fingerprint density at radius 2 is 0.931 bits per heavy atom. The summed E-state index contributed by atoms with van der Waals surface area (Å²) in [6.07, 6.45) is 11.6. The summed E-state index contributed by atoms with van der Waals surface area (Å²) in [6, 6.07) is 46.9. The molecule has 0 saturated carbocycles. The van der Waals surface area contributed by atoms with E-state index in [1.807, 2.05) is 49.3 Å². The van der Waals surface area contributed by atoms with Crippen molar-refractivity contribution in [2.24, 2.45) is 0 Å². The third kappa shape index (κ3) is 5.97. The molecule has 10 aromatic rings. The molecule has 0 saturated heterocycles. The Morgan fingerprint density at radius 3 is 1.48 bits per heavy atom. The van der Waals surface area contributed by atoms with Crippen molar-refractivity contribution in [1.29, 1.82) is 0 Å². The van der Waals surface area contributed by atoms with Crippen LogP contribution in [0.4, 0.5) is 0 Å². The average molecular weight is 752 g/mol. The highest BCUT2D eigenvalue weighted by Gasteiger charge is 2.25. The normalized spacial score (nSPS) is 12.3. The Balaban J connectivity index is 1.56. The fourth-order valence-corrected chi connectivity index (χ4v) is 8.82. The van der Waals surface area contributed by atoms with Crippen molar-refractivity contribution in [2.45, 2.75) is 52.4 Å². The lowest BCUT2D eigenvalue weighted by molar-refractivity contribution is 0.596. The zero-order valence-corrected chi connectivity index (χ0v) is 33.8. The lowest BCUT2D eigenvalue weighted by Gasteiger charge is -2.27. The van der Waals surface area contributed by atoms with Crippen LogP contribution in [0, 0.1) is 0 Å². The second kappa shape index (κ2) is 13.4. The molecule has 0 aliphatic rings. The minimum absolute atomic E-state index is 0.196. The minimum atomic E-state index is -0.204. The maximum atomic E-state index is 4.90. The van der Waals surface area contributed by atoms with Crippen LogP contribution < -0.4 is 0 Å². The molecule has 0 radical (unpaired) electrons. The molecule has 282 valence electrons. The Kier molecular flexibility index (Phi) is 8.20. The first kappa shape index (κ1) is 35.6. The molecule has 58 heavy (non-hydrogen) atoms. The second-order valence-corrected chi connectivity index (χ2v) is 17.5. The van der Waals surface area contributed by atoms with Crippen molar-refractivity contribution in [3.8, 4) is 33.6 Å². The van der Waals surface area contributed by atoms with E-state index in [2.05, 4.69) is 176 Å². The van der Waals surface area contributed by atoms with Crippen LogP contribution in [0.1, 0.15) is 52.7 Å². The van der Waals surface area contributed by atoms with Gasteiger partial charge in [0, 0.05) is 80.4 Å². The highest BCUT2D eigenvalue weighted by atomic mass is 15.0. The number of hydrogen-bond acceptors (Lipinski definition) is 3. The first-order valence-electron chi connectivity index (χ1n) is 20.1. The van der Waals surface area contributed by atoms with E-state index in [0.29, 0.717) is 0 Å². The number of aromatic nitrogens is 5. The van der Waals surface area contributed by atoms with Crippen molar-refractivity contribution in [3.05, 3.63) is 176 Å². The molecule has 0 N–H and O–H groups in total. The van der Waals surface area contributed by atoms with Crippen LogP contribution in [0.5, 0.6) is 0 Å². The van der Waals surface area contributed by atoms with Crippen molar-refractivity contribution >= 4 is 54.4 Å². The molecule has 5 nitrogen and oxygen atoms in total. The molecule has 0 atom stereocenters. The standard InChI is InChI=1S/C53H45N5/c1-52(2,3)47-28-40-26-46-44(47)23-38(35-16-13-21-55-31-35)25-50(46)58(51-33-56-32-36-14-10-11-19-42(36)51)41-27-45-43(48(29-41)53(4,5)6)22-37(34-15-12-20-54-30-34)24-49(45)57(40)39-17-8-7-9-18-39/h7-33H,1-6H3. The Morgan fingerprint density at radius 1 is 0.397 bits per heavy atom. The largest absolute Gasteiger partial charge is 0.310 e. The van der Waals surface area contributed by atoms with E-state index in [1.165, 1.54) is 27.3 Å². The molecule has 4 aromatic heterocycles. The monoisotopic (exact) mass is 751 g/mol. The van der Waals surface area contributed by atoms with Crippen LogP contribution in [0.2, 0.25) is 0 Å². The van der Waals surface area contributed by atoms with Crippen molar-refractivity contribution in [3.63, 3.8) is 0 Å². The topological polar surface area (TPSA) is 48.5 Å². The van der Waals surface area contributed by atoms with E-state index < -0.39 is 0 Å². The fraction of sp³-hybridized carbons (Fsp3) is 0.151. The van der Waals surface area contributed by atoms with Gasteiger partial charge in [-0.2, -0.15) is 0 Å². The smallest absolute Gasteiger partial charge is 0.0723 e. The molecule has 5 heteroatoms. The summed E-state index contributed by atoms with van der Waals surface area (Å²) in [7, 11) is 0. The first-order valence-corrected chi connectivity index (χ1v) is 20.1. The van der Waals surface area contributed by atoms with Gasteiger partial charge in [-0.15, -0.1) is 0 Å². The van der Waals surface area contributed by atoms with Crippen LogP contribution >= 0.6 is 0 Å². The predicted molar refractivity (Wildman–Crippen MR) is 243 cm³/mol. The third-order valence-corrected chi connectivity index (χ3v) is 11.6. The Labute approximate surface area is 339 Å². The van der Waals surface area contributed by atoms with E-state index in [0.717, 1.165) is 71.9 Å². The molecular weight excluding hydrogens is 707 g/mol. The zero-order valence-electron chi connectivity index (χ0n) is 33.8. The third-order valence-electron chi connectivity index (χ3n) is 11.6. The van der Waals surface area contributed by atoms with Gasteiger partial charge >= 0.3 is 0 Å². The molecule has 6 aromatic carbocycles. The van der Waals surface area contributed by atoms with Crippen LogP contribution in [-0.2, 0) is 10.8 Å². The molecule has 0 spiro atoms. The van der Waals surface area contributed by atoms with Gasteiger partial charge in [-0.1, -0.05) is 96.1 Å². The van der Waals surface area contributed by atoms with Gasteiger partial charge in [-0.3, -0.25) is 15.0 Å². The van der Waals surface area contributed by atoms with Gasteiger partial charge in [0.05, 0.1) is 22.9 Å². The van der Waals surface area contributed by atoms with E-state index in [1.54, 1.807) is 0 Å². The maximum Gasteiger partial charge on any atom is 0.0723 e. The van der Waals surface area contributed by atoms with Gasteiger partial charge in [0.2, 0.25) is 0 Å². The van der Waals surface area contributed by atoms with Crippen molar-refractivity contribution < 1.29 is 0 Å². The molecule has 0 amide bonds. The summed E-state index contributed by atoms with van der Waals surface area (Å²) >= 11 is 0. The van der Waals surface area contributed by atoms with Crippen LogP contribution in [-0.4, -0.2) is 24.1 Å². The molecule has 0 fully saturated rings. The lowest BCUT2D eigenvalue weighted by atomic mass is 9.81. The van der Waals surface area contributed by atoms with Crippen LogP contribution in [0.3, 0.4) is 0 Å². The second-order valence-electron chi connectivity index (χ2n) is 17.5. The molecular formula is C53H45N5. The summed E-state index contributed by atoms with van der Waals surface area (Å²) in [5, 5.41) is 6.98. The molecule has 4 bridgehead atoms. The number of benzene rings is 6. The summed E-state index contributed by atoms with van der Waals surface area (Å²) in [6.45, 7) is 14.0. The minimum Gasteiger partial charge on any atom is -0.310 e. The fourth-order valence-electron chi connectivity index (χ4n) is 8.82. The lowest BCUT2D eigenvalue weighted by Crippen LogP contribution is -2.14. The van der Waals surface area contributed by atoms with E-state index in [9.17, 15) is 0 Å². The Bertz CT molecular complexity index is 3210. The molecule has 10 rings (SSSR count). The van der Waals surface area contributed by atoms with E-state index in [4.69, 9.17) is 4.98 Å². The molecule has 0 aliphatic heterocycles. The Hall–Kier alpha value is -6.85. The van der Waals surface area contributed by atoms with E-state index >= 15 is 0 Å². The first-order chi connectivity index (χ1) is 28.0. The average Bonchev–Trinajstić information content (AvgIpc) is 3.23. The van der Waals surface area contributed by atoms with E-state index in [-0.39, 0.29) is 10.8 Å². The number of pyridine rings is 3. The predicted octanol–water partition coefficient (Wildman–Crippen LogP) is 13.7. The molecule has 4 heterocycles. The zero-order chi connectivity index (χ0) is 39.8. The number of nitrogens with zero attached hydrogens (tertiary/aromatic N) is 5. The van der Waals surface area contributed by atoms with Gasteiger partial charge in [0.15, 0.2) is 0 Å². The van der Waals surface area contributed by atoms with Crippen molar-refractivity contribution in [2.75, 3.05) is 0 Å². The van der Waals surface area contributed by atoms with Gasteiger partial charge in [0.1, 0.15) is 0 Å². The van der Waals surface area contributed by atoms with Gasteiger partial charge in [-0.05, 0) is 117 Å². The number of hydrogen-bond donors (Lipinski definition) is 0. The number of rotatable bonds is 4. The van der Waals surface area contributed by atoms with Crippen LogP contribution in [0.25, 0.3) is 88.0 Å². The highest BCUT2D eigenvalue weighted by Crippen LogP contribution is 2.43. The van der Waals surface area contributed by atoms with Gasteiger partial charge in [-0.25, -0.2) is 0 Å². The highest BCUT2D eigenvalue weighted by molar-refractivity contribution is 6.10. The molecule has 0 unspecified atom stereocenters. The number of fused-ring (bicyclic) bond motifs is 3. The summed E-state index contributed by atoms with van der Waals surface area (Å²) in [4.78, 5) is 14.0. The summed E-state index contributed by atoms with van der Waals surface area (Å²) < 4.78 is 4.94.